The Morgan fingerprint density at radius 2 is 1.94 bits per heavy atom. The van der Waals surface area contributed by atoms with Gasteiger partial charge in [0, 0.05) is 32.3 Å². The van der Waals surface area contributed by atoms with Crippen molar-refractivity contribution in [1.82, 2.24) is 0 Å². The molecule has 0 bridgehead atoms. The molecule has 7 heteroatoms. The first-order valence-electron chi connectivity index (χ1n) is 11.4. The number of allylic oxidation sites excluding steroid dienone is 3. The highest BCUT2D eigenvalue weighted by atomic mass is 16.6. The van der Waals surface area contributed by atoms with Gasteiger partial charge in [-0.05, 0) is 38.2 Å². The van der Waals surface area contributed by atoms with Gasteiger partial charge in [0.2, 0.25) is 0 Å². The zero-order valence-electron chi connectivity index (χ0n) is 19.8. The number of ether oxygens (including phenoxy) is 3. The van der Waals surface area contributed by atoms with Crippen LogP contribution in [0.1, 0.15) is 78.6 Å². The summed E-state index contributed by atoms with van der Waals surface area (Å²) in [6, 6.07) is 0. The monoisotopic (exact) mass is 450 g/mol. The average molecular weight is 451 g/mol. The largest absolute Gasteiger partial charge is 0.469 e. The van der Waals surface area contributed by atoms with E-state index < -0.39 is 29.7 Å². The number of carbonyl (C=O) groups excluding carboxylic acids is 3. The van der Waals surface area contributed by atoms with E-state index in [-0.39, 0.29) is 18.8 Å². The van der Waals surface area contributed by atoms with Gasteiger partial charge in [0.15, 0.2) is 0 Å². The molecule has 0 radical (unpaired) electrons. The van der Waals surface area contributed by atoms with Gasteiger partial charge in [-0.2, -0.15) is 0 Å². The van der Waals surface area contributed by atoms with E-state index in [1.54, 1.807) is 18.2 Å². The van der Waals surface area contributed by atoms with Crippen LogP contribution in [0.25, 0.3) is 0 Å². The highest BCUT2D eigenvalue weighted by Gasteiger charge is 2.45. The second kappa shape index (κ2) is 14.6. The van der Waals surface area contributed by atoms with E-state index in [1.807, 2.05) is 6.08 Å². The van der Waals surface area contributed by atoms with E-state index in [9.17, 15) is 19.5 Å². The van der Waals surface area contributed by atoms with E-state index >= 15 is 0 Å². The topological polar surface area (TPSA) is 99.1 Å². The van der Waals surface area contributed by atoms with Crippen molar-refractivity contribution in [3.8, 4) is 0 Å². The standard InChI is InChI=1S/C25H38O7/c1-5-6-7-8-9-10-17-25(32-20(3)27)18-16-23(28)22(25)13-11-12-21(31-19(2)26)14-15-24(29)30-4/h9-13,21,23,28H,5-8,14-18H2,1-4H3/b10-9-,12-11+,22-13-/t21-,23+,25-/m0/s1. The molecule has 3 atom stereocenters. The van der Waals surface area contributed by atoms with Gasteiger partial charge in [0.05, 0.1) is 13.2 Å². The van der Waals surface area contributed by atoms with Gasteiger partial charge >= 0.3 is 17.9 Å². The van der Waals surface area contributed by atoms with Crippen LogP contribution in [0.3, 0.4) is 0 Å². The second-order valence-electron chi connectivity index (χ2n) is 8.08. The molecule has 0 unspecified atom stereocenters. The van der Waals surface area contributed by atoms with Gasteiger partial charge in [0.1, 0.15) is 11.7 Å². The van der Waals surface area contributed by atoms with Gasteiger partial charge in [-0.25, -0.2) is 0 Å². The number of rotatable bonds is 13. The van der Waals surface area contributed by atoms with E-state index in [2.05, 4.69) is 17.7 Å². The number of aliphatic hydroxyl groups is 1. The van der Waals surface area contributed by atoms with Crippen LogP contribution < -0.4 is 0 Å². The normalized spacial score (nSPS) is 23.0. The van der Waals surface area contributed by atoms with Gasteiger partial charge in [-0.1, -0.05) is 44.1 Å². The molecule has 0 aliphatic heterocycles. The quantitative estimate of drug-likeness (QED) is 0.193. The molecule has 0 spiro atoms. The molecule has 32 heavy (non-hydrogen) atoms. The Balaban J connectivity index is 3.00. The molecule has 0 heterocycles. The number of aliphatic hydroxyl groups excluding tert-OH is 1. The highest BCUT2D eigenvalue weighted by Crippen LogP contribution is 2.42. The van der Waals surface area contributed by atoms with Gasteiger partial charge in [-0.15, -0.1) is 0 Å². The zero-order chi connectivity index (χ0) is 24.0. The third-order valence-electron chi connectivity index (χ3n) is 5.41. The molecule has 7 nitrogen and oxygen atoms in total. The van der Waals surface area contributed by atoms with Crippen molar-refractivity contribution in [2.75, 3.05) is 7.11 Å². The van der Waals surface area contributed by atoms with Crippen molar-refractivity contribution in [1.29, 1.82) is 0 Å². The second-order valence-corrected chi connectivity index (χ2v) is 8.08. The third-order valence-corrected chi connectivity index (χ3v) is 5.41. The summed E-state index contributed by atoms with van der Waals surface area (Å²) in [5.74, 6) is -1.25. The Morgan fingerprint density at radius 1 is 1.19 bits per heavy atom. The molecule has 0 saturated heterocycles. The van der Waals surface area contributed by atoms with Crippen LogP contribution in [-0.2, 0) is 28.6 Å². The molecule has 1 N–H and O–H groups in total. The summed E-state index contributed by atoms with van der Waals surface area (Å²) in [6.07, 6.45) is 14.2. The maximum atomic E-state index is 11.8. The van der Waals surface area contributed by atoms with Gasteiger partial charge < -0.3 is 19.3 Å². The Hall–Kier alpha value is -2.41. The molecule has 0 amide bonds. The number of unbranched alkanes of at least 4 members (excludes halogenated alkanes) is 3. The maximum absolute atomic E-state index is 11.8. The Morgan fingerprint density at radius 3 is 2.56 bits per heavy atom. The number of carbonyl (C=O) groups is 3. The molecular weight excluding hydrogens is 412 g/mol. The molecule has 0 aromatic heterocycles. The van der Waals surface area contributed by atoms with E-state index in [1.165, 1.54) is 27.4 Å². The Labute approximate surface area is 191 Å². The summed E-state index contributed by atoms with van der Waals surface area (Å²) in [5.41, 5.74) is -0.267. The molecule has 0 aromatic rings. The Bertz CT molecular complexity index is 707. The lowest BCUT2D eigenvalue weighted by Crippen LogP contribution is -2.34. The van der Waals surface area contributed by atoms with Gasteiger partial charge in [0.25, 0.3) is 0 Å². The summed E-state index contributed by atoms with van der Waals surface area (Å²) >= 11 is 0. The number of esters is 3. The SMILES string of the molecule is CCCCC/C=C\C[C@]1(OC(C)=O)CC[C@@H](O)/C1=C/C=C/[C@@H](CCC(=O)OC)OC(C)=O. The summed E-state index contributed by atoms with van der Waals surface area (Å²) < 4.78 is 15.6. The first-order valence-corrected chi connectivity index (χ1v) is 11.4. The van der Waals surface area contributed by atoms with E-state index in [4.69, 9.17) is 9.47 Å². The summed E-state index contributed by atoms with van der Waals surface area (Å²) in [4.78, 5) is 34.6. The summed E-state index contributed by atoms with van der Waals surface area (Å²) in [7, 11) is 1.30. The predicted molar refractivity (Wildman–Crippen MR) is 122 cm³/mol. The lowest BCUT2D eigenvalue weighted by Gasteiger charge is -2.30. The average Bonchev–Trinajstić information content (AvgIpc) is 3.03. The van der Waals surface area contributed by atoms with Crippen LogP contribution >= 0.6 is 0 Å². The van der Waals surface area contributed by atoms with Crippen LogP contribution in [0.5, 0.6) is 0 Å². The van der Waals surface area contributed by atoms with Crippen LogP contribution in [-0.4, -0.2) is 47.9 Å². The molecular formula is C25H38O7. The predicted octanol–water partition coefficient (Wildman–Crippen LogP) is 4.34. The fourth-order valence-electron chi connectivity index (χ4n) is 3.84. The minimum absolute atomic E-state index is 0.109. The van der Waals surface area contributed by atoms with E-state index in [0.717, 1.165) is 19.3 Å². The number of hydrogen-bond donors (Lipinski definition) is 1. The molecule has 1 aliphatic carbocycles. The zero-order valence-corrected chi connectivity index (χ0v) is 19.8. The van der Waals surface area contributed by atoms with Crippen LogP contribution in [0.15, 0.2) is 36.0 Å². The van der Waals surface area contributed by atoms with Crippen molar-refractivity contribution < 1.29 is 33.7 Å². The van der Waals surface area contributed by atoms with Crippen LogP contribution in [0, 0.1) is 0 Å². The van der Waals surface area contributed by atoms with E-state index in [0.29, 0.717) is 24.8 Å². The van der Waals surface area contributed by atoms with Crippen molar-refractivity contribution in [3.05, 3.63) is 36.0 Å². The minimum atomic E-state index is -0.889. The lowest BCUT2D eigenvalue weighted by atomic mass is 9.91. The maximum Gasteiger partial charge on any atom is 0.305 e. The highest BCUT2D eigenvalue weighted by molar-refractivity contribution is 5.69. The van der Waals surface area contributed by atoms with Crippen molar-refractivity contribution in [3.63, 3.8) is 0 Å². The molecule has 1 aliphatic rings. The first kappa shape index (κ1) is 27.6. The molecule has 1 saturated carbocycles. The fraction of sp³-hybridized carbons (Fsp3) is 0.640. The molecule has 0 aromatic carbocycles. The van der Waals surface area contributed by atoms with Gasteiger partial charge in [-0.3, -0.25) is 14.4 Å². The molecule has 1 fully saturated rings. The number of hydrogen-bond acceptors (Lipinski definition) is 7. The number of methoxy groups -OCH3 is 1. The summed E-state index contributed by atoms with van der Waals surface area (Å²) in [6.45, 7) is 4.83. The smallest absolute Gasteiger partial charge is 0.305 e. The first-order chi connectivity index (χ1) is 15.2. The lowest BCUT2D eigenvalue weighted by molar-refractivity contribution is -0.152. The van der Waals surface area contributed by atoms with Crippen molar-refractivity contribution in [2.24, 2.45) is 0 Å². The molecule has 1 rings (SSSR count). The third kappa shape index (κ3) is 9.81. The van der Waals surface area contributed by atoms with Crippen molar-refractivity contribution >= 4 is 17.9 Å². The van der Waals surface area contributed by atoms with Crippen LogP contribution in [0.4, 0.5) is 0 Å². The van der Waals surface area contributed by atoms with Crippen LogP contribution in [0.2, 0.25) is 0 Å². The minimum Gasteiger partial charge on any atom is -0.469 e. The van der Waals surface area contributed by atoms with Crippen molar-refractivity contribution in [2.45, 2.75) is 96.4 Å². The fourth-order valence-corrected chi connectivity index (χ4v) is 3.84. The Kier molecular flexibility index (Phi) is 12.6. The molecule has 180 valence electrons. The summed E-state index contributed by atoms with van der Waals surface area (Å²) in [5, 5.41) is 10.6.